The van der Waals surface area contributed by atoms with Gasteiger partial charge in [-0.15, -0.1) is 0 Å². The predicted molar refractivity (Wildman–Crippen MR) is 63.8 cm³/mol. The second-order valence-electron chi connectivity index (χ2n) is 4.46. The summed E-state index contributed by atoms with van der Waals surface area (Å²) in [5, 5.41) is 0.787. The zero-order valence-corrected chi connectivity index (χ0v) is 10.2. The van der Waals surface area contributed by atoms with E-state index >= 15 is 0 Å². The Bertz CT molecular complexity index is 362. The molecule has 0 unspecified atom stereocenters. The Morgan fingerprint density at radius 2 is 1.56 bits per heavy atom. The third-order valence-corrected chi connectivity index (χ3v) is 3.84. The lowest BCUT2D eigenvalue weighted by Gasteiger charge is -2.27. The first-order valence-corrected chi connectivity index (χ1v) is 6.26. The molecule has 1 aromatic rings. The van der Waals surface area contributed by atoms with Crippen molar-refractivity contribution in [1.82, 2.24) is 0 Å². The smallest absolute Gasteiger partial charge is 0.141 e. The molecule has 3 rings (SSSR count). The molecule has 86 valence electrons. The highest BCUT2D eigenvalue weighted by atomic mass is 35.5. The molecular formula is C13H15ClO2. The van der Waals surface area contributed by atoms with Gasteiger partial charge in [-0.3, -0.25) is 0 Å². The standard InChI is InChI=1S/C13H15ClO2/c1-8-9-4-2-7-16-13(9)11(14)10-5-3-6-15-12(8)10/h2-7H2,1H3. The molecule has 2 heterocycles. The van der Waals surface area contributed by atoms with Gasteiger partial charge >= 0.3 is 0 Å². The fourth-order valence-corrected chi connectivity index (χ4v) is 2.97. The van der Waals surface area contributed by atoms with Crippen LogP contribution in [0.3, 0.4) is 0 Å². The average Bonchev–Trinajstić information content (AvgIpc) is 2.36. The molecule has 3 heteroatoms. The van der Waals surface area contributed by atoms with Crippen LogP contribution in [0, 0.1) is 6.92 Å². The summed E-state index contributed by atoms with van der Waals surface area (Å²) in [5.74, 6) is 1.93. The molecular weight excluding hydrogens is 224 g/mol. The molecule has 0 amide bonds. The minimum absolute atomic E-state index is 0.784. The van der Waals surface area contributed by atoms with Crippen molar-refractivity contribution in [3.05, 3.63) is 21.7 Å². The molecule has 0 spiro atoms. The normalized spacial score (nSPS) is 18.1. The minimum atomic E-state index is 0.784. The zero-order chi connectivity index (χ0) is 11.1. The van der Waals surface area contributed by atoms with Gasteiger partial charge in [0.1, 0.15) is 11.5 Å². The summed E-state index contributed by atoms with van der Waals surface area (Å²) in [7, 11) is 0. The monoisotopic (exact) mass is 238 g/mol. The van der Waals surface area contributed by atoms with E-state index in [4.69, 9.17) is 21.1 Å². The van der Waals surface area contributed by atoms with Gasteiger partial charge in [0.05, 0.1) is 18.2 Å². The summed E-state index contributed by atoms with van der Waals surface area (Å²) in [4.78, 5) is 0. The number of benzene rings is 1. The topological polar surface area (TPSA) is 18.5 Å². The maximum Gasteiger partial charge on any atom is 0.141 e. The number of ether oxygens (including phenoxy) is 2. The Morgan fingerprint density at radius 3 is 2.31 bits per heavy atom. The van der Waals surface area contributed by atoms with Crippen LogP contribution in [0.1, 0.15) is 29.5 Å². The summed E-state index contributed by atoms with van der Waals surface area (Å²) in [5.41, 5.74) is 3.62. The lowest BCUT2D eigenvalue weighted by atomic mass is 9.94. The first kappa shape index (κ1) is 10.3. The molecule has 0 bridgehead atoms. The molecule has 1 aromatic carbocycles. The largest absolute Gasteiger partial charge is 0.493 e. The van der Waals surface area contributed by atoms with Gasteiger partial charge in [-0.05, 0) is 38.2 Å². The van der Waals surface area contributed by atoms with Crippen LogP contribution in [-0.4, -0.2) is 13.2 Å². The fourth-order valence-electron chi connectivity index (χ4n) is 2.62. The van der Waals surface area contributed by atoms with Crippen LogP contribution in [0.5, 0.6) is 11.5 Å². The molecule has 0 N–H and O–H groups in total. The molecule has 2 aliphatic rings. The number of fused-ring (bicyclic) bond motifs is 2. The Hall–Kier alpha value is -0.890. The van der Waals surface area contributed by atoms with Gasteiger partial charge in [-0.2, -0.15) is 0 Å². The van der Waals surface area contributed by atoms with Gasteiger partial charge in [-0.1, -0.05) is 11.6 Å². The third-order valence-electron chi connectivity index (χ3n) is 3.44. The summed E-state index contributed by atoms with van der Waals surface area (Å²) in [6.45, 7) is 3.71. The van der Waals surface area contributed by atoms with Gasteiger partial charge in [0, 0.05) is 11.1 Å². The van der Waals surface area contributed by atoms with Gasteiger partial charge < -0.3 is 9.47 Å². The average molecular weight is 239 g/mol. The van der Waals surface area contributed by atoms with Crippen LogP contribution >= 0.6 is 11.6 Å². The molecule has 0 saturated heterocycles. The van der Waals surface area contributed by atoms with E-state index in [-0.39, 0.29) is 0 Å². The minimum Gasteiger partial charge on any atom is -0.493 e. The van der Waals surface area contributed by atoms with Crippen molar-refractivity contribution in [2.24, 2.45) is 0 Å². The molecule has 2 nitrogen and oxygen atoms in total. The van der Waals surface area contributed by atoms with Crippen molar-refractivity contribution >= 4 is 11.6 Å². The van der Waals surface area contributed by atoms with E-state index in [1.165, 1.54) is 11.1 Å². The number of rotatable bonds is 0. The van der Waals surface area contributed by atoms with Crippen molar-refractivity contribution < 1.29 is 9.47 Å². The summed E-state index contributed by atoms with van der Waals surface area (Å²) in [6.07, 6.45) is 4.18. The van der Waals surface area contributed by atoms with Crippen molar-refractivity contribution in [3.8, 4) is 11.5 Å². The summed E-state index contributed by atoms with van der Waals surface area (Å²) < 4.78 is 11.5. The Kier molecular flexibility index (Phi) is 2.47. The predicted octanol–water partition coefficient (Wildman–Crippen LogP) is 3.30. The highest BCUT2D eigenvalue weighted by Gasteiger charge is 2.26. The number of halogens is 1. The molecule has 0 aliphatic carbocycles. The highest BCUT2D eigenvalue weighted by molar-refractivity contribution is 6.33. The number of hydrogen-bond acceptors (Lipinski definition) is 2. The maximum absolute atomic E-state index is 6.41. The number of hydrogen-bond donors (Lipinski definition) is 0. The van der Waals surface area contributed by atoms with Crippen molar-refractivity contribution in [1.29, 1.82) is 0 Å². The lowest BCUT2D eigenvalue weighted by molar-refractivity contribution is 0.271. The SMILES string of the molecule is Cc1c2c(c(Cl)c3c1OCCC3)OCCC2. The highest BCUT2D eigenvalue weighted by Crippen LogP contribution is 2.45. The second kappa shape index (κ2) is 3.85. The van der Waals surface area contributed by atoms with Crippen molar-refractivity contribution in [3.63, 3.8) is 0 Å². The van der Waals surface area contributed by atoms with Crippen LogP contribution in [-0.2, 0) is 12.8 Å². The van der Waals surface area contributed by atoms with Crippen LogP contribution in [0.25, 0.3) is 0 Å². The van der Waals surface area contributed by atoms with Gasteiger partial charge in [0.15, 0.2) is 0 Å². The van der Waals surface area contributed by atoms with Crippen LogP contribution in [0.15, 0.2) is 0 Å². The Labute approximate surface area is 101 Å². The van der Waals surface area contributed by atoms with E-state index in [1.54, 1.807) is 0 Å². The summed E-state index contributed by atoms with van der Waals surface area (Å²) in [6, 6.07) is 0. The third kappa shape index (κ3) is 1.40. The van der Waals surface area contributed by atoms with Gasteiger partial charge in [-0.25, -0.2) is 0 Å². The quantitative estimate of drug-likeness (QED) is 0.691. The molecule has 0 fully saturated rings. The first-order chi connectivity index (χ1) is 7.79. The van der Waals surface area contributed by atoms with Crippen molar-refractivity contribution in [2.45, 2.75) is 32.6 Å². The summed E-state index contributed by atoms with van der Waals surface area (Å²) >= 11 is 6.41. The molecule has 2 aliphatic heterocycles. The Balaban J connectivity index is 2.24. The lowest BCUT2D eigenvalue weighted by Crippen LogP contribution is -2.16. The molecule has 0 radical (unpaired) electrons. The molecule has 16 heavy (non-hydrogen) atoms. The van der Waals surface area contributed by atoms with Crippen LogP contribution < -0.4 is 9.47 Å². The zero-order valence-electron chi connectivity index (χ0n) is 9.44. The van der Waals surface area contributed by atoms with E-state index in [9.17, 15) is 0 Å². The molecule has 0 saturated carbocycles. The van der Waals surface area contributed by atoms with E-state index in [0.29, 0.717) is 0 Å². The van der Waals surface area contributed by atoms with E-state index < -0.39 is 0 Å². The van der Waals surface area contributed by atoms with Gasteiger partial charge in [0.25, 0.3) is 0 Å². The fraction of sp³-hybridized carbons (Fsp3) is 0.538. The van der Waals surface area contributed by atoms with E-state index in [1.807, 2.05) is 0 Å². The molecule has 0 atom stereocenters. The molecule has 0 aromatic heterocycles. The van der Waals surface area contributed by atoms with Crippen molar-refractivity contribution in [2.75, 3.05) is 13.2 Å². The second-order valence-corrected chi connectivity index (χ2v) is 4.84. The first-order valence-electron chi connectivity index (χ1n) is 5.88. The van der Waals surface area contributed by atoms with E-state index in [2.05, 4.69) is 6.92 Å². The van der Waals surface area contributed by atoms with E-state index in [0.717, 1.165) is 61.0 Å². The van der Waals surface area contributed by atoms with Gasteiger partial charge in [0.2, 0.25) is 0 Å². The maximum atomic E-state index is 6.41. The van der Waals surface area contributed by atoms with Crippen LogP contribution in [0.2, 0.25) is 5.02 Å². The Morgan fingerprint density at radius 1 is 0.938 bits per heavy atom. The van der Waals surface area contributed by atoms with Crippen LogP contribution in [0.4, 0.5) is 0 Å².